The average molecular weight is 256 g/mol. The number of methoxy groups -OCH3 is 1. The Kier molecular flexibility index (Phi) is 6.09. The van der Waals surface area contributed by atoms with E-state index < -0.39 is 0 Å². The van der Waals surface area contributed by atoms with Gasteiger partial charge in [0.25, 0.3) is 0 Å². The van der Waals surface area contributed by atoms with E-state index in [0.29, 0.717) is 17.5 Å². The third-order valence-electron chi connectivity index (χ3n) is 3.90. The Labute approximate surface area is 113 Å². The summed E-state index contributed by atoms with van der Waals surface area (Å²) in [7, 11) is 1.79. The number of hydrogen-bond acceptors (Lipinski definition) is 3. The van der Waals surface area contributed by atoms with Gasteiger partial charge in [0.1, 0.15) is 0 Å². The highest BCUT2D eigenvalue weighted by Crippen LogP contribution is 2.25. The van der Waals surface area contributed by atoms with Crippen molar-refractivity contribution in [1.82, 2.24) is 10.2 Å². The van der Waals surface area contributed by atoms with Gasteiger partial charge in [0.15, 0.2) is 0 Å². The first kappa shape index (κ1) is 15.9. The minimum absolute atomic E-state index is 0.328. The van der Waals surface area contributed by atoms with Gasteiger partial charge in [-0.05, 0) is 17.8 Å². The van der Waals surface area contributed by atoms with Crippen molar-refractivity contribution < 1.29 is 4.74 Å². The first-order valence-corrected chi connectivity index (χ1v) is 7.31. The van der Waals surface area contributed by atoms with Crippen LogP contribution in [0.25, 0.3) is 0 Å². The molecule has 1 rings (SSSR count). The van der Waals surface area contributed by atoms with Gasteiger partial charge in [-0.2, -0.15) is 0 Å². The van der Waals surface area contributed by atoms with E-state index in [4.69, 9.17) is 4.74 Å². The first-order chi connectivity index (χ1) is 8.34. The molecule has 3 nitrogen and oxygen atoms in total. The molecule has 0 spiro atoms. The van der Waals surface area contributed by atoms with Crippen LogP contribution >= 0.6 is 0 Å². The molecule has 2 unspecified atom stereocenters. The number of nitrogens with zero attached hydrogens (tertiary/aromatic N) is 1. The van der Waals surface area contributed by atoms with Crippen molar-refractivity contribution in [2.45, 2.75) is 53.1 Å². The molecule has 1 aliphatic rings. The van der Waals surface area contributed by atoms with Crippen LogP contribution in [0.3, 0.4) is 0 Å². The van der Waals surface area contributed by atoms with E-state index in [1.54, 1.807) is 7.11 Å². The molecule has 1 aliphatic heterocycles. The number of ether oxygens (including phenoxy) is 1. The molecule has 0 aromatic rings. The van der Waals surface area contributed by atoms with E-state index >= 15 is 0 Å². The second kappa shape index (κ2) is 6.88. The molecule has 1 N–H and O–H groups in total. The van der Waals surface area contributed by atoms with Gasteiger partial charge in [-0.3, -0.25) is 4.90 Å². The summed E-state index contributed by atoms with van der Waals surface area (Å²) >= 11 is 0. The summed E-state index contributed by atoms with van der Waals surface area (Å²) in [5, 5.41) is 3.74. The van der Waals surface area contributed by atoms with Crippen LogP contribution in [0, 0.1) is 11.3 Å². The van der Waals surface area contributed by atoms with E-state index in [1.807, 2.05) is 0 Å². The minimum atomic E-state index is 0.328. The minimum Gasteiger partial charge on any atom is -0.383 e. The lowest BCUT2D eigenvalue weighted by molar-refractivity contribution is 0.0516. The Morgan fingerprint density at radius 1 is 1.33 bits per heavy atom. The third kappa shape index (κ3) is 4.87. The van der Waals surface area contributed by atoms with Crippen molar-refractivity contribution >= 4 is 0 Å². The molecule has 1 fully saturated rings. The average Bonchev–Trinajstić information content (AvgIpc) is 2.25. The van der Waals surface area contributed by atoms with Gasteiger partial charge in [-0.1, -0.05) is 34.6 Å². The summed E-state index contributed by atoms with van der Waals surface area (Å²) in [6.07, 6.45) is 1.27. The van der Waals surface area contributed by atoms with Crippen molar-refractivity contribution in [3.63, 3.8) is 0 Å². The van der Waals surface area contributed by atoms with Crippen molar-refractivity contribution in [1.29, 1.82) is 0 Å². The molecule has 2 atom stereocenters. The van der Waals surface area contributed by atoms with Crippen molar-refractivity contribution in [3.8, 4) is 0 Å². The quantitative estimate of drug-likeness (QED) is 0.817. The van der Waals surface area contributed by atoms with Gasteiger partial charge in [0, 0.05) is 38.8 Å². The second-order valence-corrected chi connectivity index (χ2v) is 7.10. The topological polar surface area (TPSA) is 24.5 Å². The largest absolute Gasteiger partial charge is 0.383 e. The lowest BCUT2D eigenvalue weighted by atomic mass is 9.84. The smallest absolute Gasteiger partial charge is 0.0589 e. The van der Waals surface area contributed by atoms with Crippen LogP contribution in [0.15, 0.2) is 0 Å². The summed E-state index contributed by atoms with van der Waals surface area (Å²) in [4.78, 5) is 2.62. The molecule has 0 aromatic carbocycles. The molecule has 0 aromatic heterocycles. The van der Waals surface area contributed by atoms with Crippen molar-refractivity contribution in [2.24, 2.45) is 11.3 Å². The van der Waals surface area contributed by atoms with E-state index in [9.17, 15) is 0 Å². The van der Waals surface area contributed by atoms with Gasteiger partial charge in [-0.15, -0.1) is 0 Å². The molecule has 0 radical (unpaired) electrons. The summed E-state index contributed by atoms with van der Waals surface area (Å²) in [5.41, 5.74) is 0.328. The first-order valence-electron chi connectivity index (χ1n) is 7.31. The standard InChI is InChI=1S/C15H32N2O/c1-12(2)9-13-10-16-14(15(3,4)5)11-17(13)7-8-18-6/h12-14,16H,7-11H2,1-6H3. The molecule has 3 heteroatoms. The van der Waals surface area contributed by atoms with Gasteiger partial charge >= 0.3 is 0 Å². The van der Waals surface area contributed by atoms with Crippen LogP contribution in [-0.4, -0.2) is 50.3 Å². The number of hydrogen-bond donors (Lipinski definition) is 1. The highest BCUT2D eigenvalue weighted by atomic mass is 16.5. The van der Waals surface area contributed by atoms with Crippen LogP contribution in [0.4, 0.5) is 0 Å². The number of nitrogens with one attached hydrogen (secondary N) is 1. The highest BCUT2D eigenvalue weighted by Gasteiger charge is 2.33. The third-order valence-corrected chi connectivity index (χ3v) is 3.90. The predicted molar refractivity (Wildman–Crippen MR) is 77.9 cm³/mol. The summed E-state index contributed by atoms with van der Waals surface area (Å²) in [6.45, 7) is 15.7. The fourth-order valence-corrected chi connectivity index (χ4v) is 2.69. The lowest BCUT2D eigenvalue weighted by Crippen LogP contribution is -2.61. The SMILES string of the molecule is COCCN1CC(C(C)(C)C)NCC1CC(C)C. The zero-order chi connectivity index (χ0) is 13.8. The Morgan fingerprint density at radius 2 is 2.00 bits per heavy atom. The summed E-state index contributed by atoms with van der Waals surface area (Å²) in [5.74, 6) is 0.757. The van der Waals surface area contributed by atoms with Gasteiger partial charge in [0.2, 0.25) is 0 Å². The maximum Gasteiger partial charge on any atom is 0.0589 e. The fourth-order valence-electron chi connectivity index (χ4n) is 2.69. The maximum atomic E-state index is 5.26. The number of piperazine rings is 1. The lowest BCUT2D eigenvalue weighted by Gasteiger charge is -2.45. The predicted octanol–water partition coefficient (Wildman–Crippen LogP) is 2.37. The van der Waals surface area contributed by atoms with E-state index in [-0.39, 0.29) is 0 Å². The van der Waals surface area contributed by atoms with Crippen molar-refractivity contribution in [2.75, 3.05) is 33.4 Å². The Morgan fingerprint density at radius 3 is 2.50 bits per heavy atom. The Bertz CT molecular complexity index is 235. The molecule has 0 aliphatic carbocycles. The molecular weight excluding hydrogens is 224 g/mol. The van der Waals surface area contributed by atoms with Gasteiger partial charge in [-0.25, -0.2) is 0 Å². The van der Waals surface area contributed by atoms with Gasteiger partial charge in [0.05, 0.1) is 6.61 Å². The Hall–Kier alpha value is -0.120. The van der Waals surface area contributed by atoms with Crippen molar-refractivity contribution in [3.05, 3.63) is 0 Å². The molecular formula is C15H32N2O. The van der Waals surface area contributed by atoms with Crippen LogP contribution in [0.5, 0.6) is 0 Å². The maximum absolute atomic E-state index is 5.26. The van der Waals surface area contributed by atoms with E-state index in [0.717, 1.165) is 32.2 Å². The zero-order valence-electron chi connectivity index (χ0n) is 13.1. The normalized spacial score (nSPS) is 26.8. The molecule has 0 bridgehead atoms. The number of rotatable bonds is 5. The van der Waals surface area contributed by atoms with Gasteiger partial charge < -0.3 is 10.1 Å². The van der Waals surface area contributed by atoms with Crippen LogP contribution in [0.1, 0.15) is 41.0 Å². The van der Waals surface area contributed by atoms with E-state index in [2.05, 4.69) is 44.8 Å². The molecule has 1 heterocycles. The fraction of sp³-hybridized carbons (Fsp3) is 1.00. The molecule has 0 amide bonds. The summed E-state index contributed by atoms with van der Waals surface area (Å²) in [6, 6.07) is 1.25. The Balaban J connectivity index is 2.60. The van der Waals surface area contributed by atoms with E-state index in [1.165, 1.54) is 6.42 Å². The zero-order valence-corrected chi connectivity index (χ0v) is 13.1. The molecule has 1 saturated heterocycles. The molecule has 0 saturated carbocycles. The molecule has 108 valence electrons. The van der Waals surface area contributed by atoms with Crippen LogP contribution < -0.4 is 5.32 Å². The molecule has 18 heavy (non-hydrogen) atoms. The summed E-state index contributed by atoms with van der Waals surface area (Å²) < 4.78 is 5.26. The van der Waals surface area contributed by atoms with Crippen LogP contribution in [-0.2, 0) is 4.74 Å². The van der Waals surface area contributed by atoms with Crippen LogP contribution in [0.2, 0.25) is 0 Å². The highest BCUT2D eigenvalue weighted by molar-refractivity contribution is 4.92. The monoisotopic (exact) mass is 256 g/mol. The second-order valence-electron chi connectivity index (χ2n) is 7.10.